The van der Waals surface area contributed by atoms with Crippen LogP contribution in [0.5, 0.6) is 0 Å². The molecule has 0 spiro atoms. The zero-order chi connectivity index (χ0) is 12.5. The number of hydrogen-bond donors (Lipinski definition) is 1. The molecule has 17 heavy (non-hydrogen) atoms. The van der Waals surface area contributed by atoms with Crippen molar-refractivity contribution in [1.29, 1.82) is 0 Å². The molecule has 0 aliphatic heterocycles. The summed E-state index contributed by atoms with van der Waals surface area (Å²) in [6.45, 7) is 7.88. The van der Waals surface area contributed by atoms with E-state index in [1.165, 1.54) is 0 Å². The molecule has 0 saturated heterocycles. The van der Waals surface area contributed by atoms with Crippen LogP contribution in [0.3, 0.4) is 0 Å². The molecule has 1 rings (SSSR count). The quantitative estimate of drug-likeness (QED) is 0.668. The van der Waals surface area contributed by atoms with Gasteiger partial charge in [-0.25, -0.2) is 4.98 Å². The van der Waals surface area contributed by atoms with Gasteiger partial charge in [-0.05, 0) is 13.3 Å². The number of hydrogen-bond acceptors (Lipinski definition) is 4. The maximum absolute atomic E-state index is 5.38. The highest BCUT2D eigenvalue weighted by Crippen LogP contribution is 2.08. The van der Waals surface area contributed by atoms with Crippen molar-refractivity contribution in [3.8, 4) is 0 Å². The van der Waals surface area contributed by atoms with Gasteiger partial charge in [0.1, 0.15) is 0 Å². The van der Waals surface area contributed by atoms with Gasteiger partial charge in [-0.15, -0.1) is 0 Å². The largest absolute Gasteiger partial charge is 0.382 e. The van der Waals surface area contributed by atoms with Gasteiger partial charge in [-0.2, -0.15) is 0 Å². The van der Waals surface area contributed by atoms with Crippen LogP contribution in [0, 0.1) is 6.92 Å². The zero-order valence-electron chi connectivity index (χ0n) is 11.0. The van der Waals surface area contributed by atoms with Gasteiger partial charge in [-0.1, -0.05) is 6.92 Å². The molecular formula is C12H23N3O2. The molecule has 5 nitrogen and oxygen atoms in total. The molecule has 1 aromatic heterocycles. The lowest BCUT2D eigenvalue weighted by atomic mass is 10.5. The highest BCUT2D eigenvalue weighted by molar-refractivity contribution is 5.28. The molecule has 0 fully saturated rings. The number of aryl methyl sites for hydroxylation is 2. The minimum Gasteiger partial charge on any atom is -0.382 e. The minimum absolute atomic E-state index is 0.639. The van der Waals surface area contributed by atoms with Crippen molar-refractivity contribution >= 4 is 5.95 Å². The van der Waals surface area contributed by atoms with Crippen LogP contribution in [0.1, 0.15) is 19.0 Å². The first kappa shape index (κ1) is 14.0. The number of nitrogens with zero attached hydrogens (tertiary/aromatic N) is 2. The van der Waals surface area contributed by atoms with Crippen molar-refractivity contribution in [3.63, 3.8) is 0 Å². The van der Waals surface area contributed by atoms with E-state index in [0.717, 1.165) is 31.2 Å². The molecule has 98 valence electrons. The Hall–Kier alpha value is -1.07. The molecule has 0 aliphatic carbocycles. The summed E-state index contributed by atoms with van der Waals surface area (Å²) >= 11 is 0. The molecule has 1 heterocycles. The first-order valence-electron chi connectivity index (χ1n) is 6.12. The first-order valence-corrected chi connectivity index (χ1v) is 6.12. The average Bonchev–Trinajstić information content (AvgIpc) is 2.65. The molecular weight excluding hydrogens is 218 g/mol. The molecule has 0 aliphatic rings. The normalized spacial score (nSPS) is 10.8. The van der Waals surface area contributed by atoms with Crippen molar-refractivity contribution in [2.24, 2.45) is 0 Å². The SMILES string of the molecule is CCCn1cc(C)nc1NCCOCCOC. The second-order valence-electron chi connectivity index (χ2n) is 3.93. The van der Waals surface area contributed by atoms with Gasteiger partial charge in [0.15, 0.2) is 0 Å². The van der Waals surface area contributed by atoms with Crippen molar-refractivity contribution < 1.29 is 9.47 Å². The van der Waals surface area contributed by atoms with Gasteiger partial charge < -0.3 is 19.4 Å². The van der Waals surface area contributed by atoms with Crippen molar-refractivity contribution in [3.05, 3.63) is 11.9 Å². The molecule has 0 bridgehead atoms. The van der Waals surface area contributed by atoms with Gasteiger partial charge in [0.25, 0.3) is 0 Å². The molecule has 5 heteroatoms. The molecule has 0 aromatic carbocycles. The molecule has 0 radical (unpaired) electrons. The number of anilines is 1. The lowest BCUT2D eigenvalue weighted by molar-refractivity contribution is 0.0758. The number of methoxy groups -OCH3 is 1. The Morgan fingerprint density at radius 1 is 1.35 bits per heavy atom. The van der Waals surface area contributed by atoms with E-state index in [1.807, 2.05) is 6.92 Å². The van der Waals surface area contributed by atoms with Crippen LogP contribution in [-0.4, -0.2) is 43.0 Å². The van der Waals surface area contributed by atoms with Gasteiger partial charge in [0.2, 0.25) is 5.95 Å². The molecule has 0 saturated carbocycles. The molecule has 1 N–H and O–H groups in total. The van der Waals surface area contributed by atoms with Crippen LogP contribution in [0.4, 0.5) is 5.95 Å². The summed E-state index contributed by atoms with van der Waals surface area (Å²) in [5, 5.41) is 3.28. The summed E-state index contributed by atoms with van der Waals surface area (Å²) in [4.78, 5) is 4.43. The third-order valence-electron chi connectivity index (χ3n) is 2.32. The van der Waals surface area contributed by atoms with E-state index in [2.05, 4.69) is 28.0 Å². The van der Waals surface area contributed by atoms with Crippen LogP contribution >= 0.6 is 0 Å². The highest BCUT2D eigenvalue weighted by Gasteiger charge is 2.03. The third kappa shape index (κ3) is 5.19. The van der Waals surface area contributed by atoms with Gasteiger partial charge in [-0.3, -0.25) is 0 Å². The standard InChI is InChI=1S/C12H23N3O2/c1-4-6-15-10-11(2)14-12(15)13-5-7-17-9-8-16-3/h10H,4-9H2,1-3H3,(H,13,14). The summed E-state index contributed by atoms with van der Waals surface area (Å²) < 4.78 is 12.4. The monoisotopic (exact) mass is 241 g/mol. The van der Waals surface area contributed by atoms with E-state index in [0.29, 0.717) is 19.8 Å². The maximum atomic E-state index is 5.38. The average molecular weight is 241 g/mol. The van der Waals surface area contributed by atoms with Gasteiger partial charge >= 0.3 is 0 Å². The minimum atomic E-state index is 0.639. The highest BCUT2D eigenvalue weighted by atomic mass is 16.5. The van der Waals surface area contributed by atoms with Crippen LogP contribution < -0.4 is 5.32 Å². The second kappa shape index (κ2) is 8.08. The summed E-state index contributed by atoms with van der Waals surface area (Å²) in [7, 11) is 1.67. The van der Waals surface area contributed by atoms with E-state index in [4.69, 9.17) is 9.47 Å². The predicted molar refractivity (Wildman–Crippen MR) is 68.4 cm³/mol. The Labute approximate surface area is 103 Å². The van der Waals surface area contributed by atoms with E-state index >= 15 is 0 Å². The Balaban J connectivity index is 2.25. The third-order valence-corrected chi connectivity index (χ3v) is 2.32. The summed E-state index contributed by atoms with van der Waals surface area (Å²) in [5.74, 6) is 0.930. The second-order valence-corrected chi connectivity index (χ2v) is 3.93. The lowest BCUT2D eigenvalue weighted by Gasteiger charge is -2.08. The smallest absolute Gasteiger partial charge is 0.203 e. The van der Waals surface area contributed by atoms with Crippen LogP contribution in [0.15, 0.2) is 6.20 Å². The lowest BCUT2D eigenvalue weighted by Crippen LogP contribution is -2.14. The Morgan fingerprint density at radius 2 is 2.18 bits per heavy atom. The first-order chi connectivity index (χ1) is 8.27. The fourth-order valence-electron chi connectivity index (χ4n) is 1.58. The summed E-state index contributed by atoms with van der Waals surface area (Å²) in [6.07, 6.45) is 3.17. The number of rotatable bonds is 9. The van der Waals surface area contributed by atoms with Crippen molar-refractivity contribution in [2.75, 3.05) is 38.8 Å². The topological polar surface area (TPSA) is 48.3 Å². The number of nitrogens with one attached hydrogen (secondary N) is 1. The van der Waals surface area contributed by atoms with E-state index in [-0.39, 0.29) is 0 Å². The van der Waals surface area contributed by atoms with E-state index in [1.54, 1.807) is 7.11 Å². The zero-order valence-corrected chi connectivity index (χ0v) is 11.0. The molecule has 0 unspecified atom stereocenters. The summed E-state index contributed by atoms with van der Waals surface area (Å²) in [6, 6.07) is 0. The van der Waals surface area contributed by atoms with Crippen LogP contribution in [0.2, 0.25) is 0 Å². The number of imidazole rings is 1. The Bertz CT molecular complexity index is 313. The van der Waals surface area contributed by atoms with Gasteiger partial charge in [0.05, 0.1) is 25.5 Å². The number of ether oxygens (including phenoxy) is 2. The fraction of sp³-hybridized carbons (Fsp3) is 0.750. The van der Waals surface area contributed by atoms with Crippen LogP contribution in [0.25, 0.3) is 0 Å². The molecule has 0 amide bonds. The van der Waals surface area contributed by atoms with Crippen molar-refractivity contribution in [2.45, 2.75) is 26.8 Å². The Morgan fingerprint density at radius 3 is 2.88 bits per heavy atom. The molecule has 0 atom stereocenters. The molecule has 1 aromatic rings. The van der Waals surface area contributed by atoms with Crippen LogP contribution in [-0.2, 0) is 16.0 Å². The Kier molecular flexibility index (Phi) is 6.65. The maximum Gasteiger partial charge on any atom is 0.203 e. The van der Waals surface area contributed by atoms with Crippen molar-refractivity contribution in [1.82, 2.24) is 9.55 Å². The summed E-state index contributed by atoms with van der Waals surface area (Å²) in [5.41, 5.74) is 1.04. The van der Waals surface area contributed by atoms with E-state index < -0.39 is 0 Å². The number of aromatic nitrogens is 2. The van der Waals surface area contributed by atoms with Gasteiger partial charge in [0, 0.05) is 26.4 Å². The predicted octanol–water partition coefficient (Wildman–Crippen LogP) is 1.68. The fourth-order valence-corrected chi connectivity index (χ4v) is 1.58. The van der Waals surface area contributed by atoms with E-state index in [9.17, 15) is 0 Å².